The van der Waals surface area contributed by atoms with Gasteiger partial charge in [0.05, 0.1) is 17.8 Å². The molecular weight excluding hydrogens is 288 g/mol. The summed E-state index contributed by atoms with van der Waals surface area (Å²) in [6, 6.07) is 0. The molecule has 0 heterocycles. The third-order valence-electron chi connectivity index (χ3n) is 9.13. The zero-order valence-electron chi connectivity index (χ0n) is 15.0. The number of hydrogen-bond donors (Lipinski definition) is 3. The molecule has 0 aromatic heterocycles. The largest absolute Gasteiger partial charge is 0.393 e. The average molecular weight is 322 g/mol. The molecule has 9 atom stereocenters. The van der Waals surface area contributed by atoms with Crippen molar-refractivity contribution >= 4 is 0 Å². The highest BCUT2D eigenvalue weighted by atomic mass is 16.3. The number of fused-ring (bicyclic) bond motifs is 5. The van der Waals surface area contributed by atoms with E-state index in [9.17, 15) is 15.3 Å². The van der Waals surface area contributed by atoms with E-state index in [1.165, 1.54) is 12.8 Å². The first-order chi connectivity index (χ1) is 10.7. The summed E-state index contributed by atoms with van der Waals surface area (Å²) in [6.45, 7) is 6.60. The molecule has 0 saturated heterocycles. The second-order valence-corrected chi connectivity index (χ2v) is 10.0. The monoisotopic (exact) mass is 322 g/mol. The Morgan fingerprint density at radius 1 is 0.913 bits per heavy atom. The quantitative estimate of drug-likeness (QED) is 0.642. The van der Waals surface area contributed by atoms with Crippen LogP contribution in [0.25, 0.3) is 0 Å². The van der Waals surface area contributed by atoms with Gasteiger partial charge in [-0.05, 0) is 87.4 Å². The first-order valence-electron chi connectivity index (χ1n) is 9.77. The molecule has 0 aromatic rings. The Morgan fingerprint density at radius 2 is 1.65 bits per heavy atom. The van der Waals surface area contributed by atoms with E-state index >= 15 is 0 Å². The molecule has 132 valence electrons. The van der Waals surface area contributed by atoms with Crippen molar-refractivity contribution in [2.75, 3.05) is 0 Å². The highest BCUT2D eigenvalue weighted by Gasteiger charge is 2.65. The molecule has 0 radical (unpaired) electrons. The van der Waals surface area contributed by atoms with Gasteiger partial charge < -0.3 is 15.3 Å². The van der Waals surface area contributed by atoms with Crippen LogP contribution in [-0.2, 0) is 0 Å². The summed E-state index contributed by atoms with van der Waals surface area (Å²) in [6.07, 6.45) is 7.53. The molecule has 3 nitrogen and oxygen atoms in total. The third-order valence-corrected chi connectivity index (χ3v) is 9.13. The predicted octanol–water partition coefficient (Wildman–Crippen LogP) is 3.11. The van der Waals surface area contributed by atoms with Crippen LogP contribution in [0, 0.1) is 34.5 Å². The highest BCUT2D eigenvalue weighted by molar-refractivity contribution is 5.15. The molecule has 0 spiro atoms. The van der Waals surface area contributed by atoms with Crippen molar-refractivity contribution in [1.29, 1.82) is 0 Å². The summed E-state index contributed by atoms with van der Waals surface area (Å²) in [5, 5.41) is 32.2. The minimum absolute atomic E-state index is 0.134. The van der Waals surface area contributed by atoms with Crippen LogP contribution >= 0.6 is 0 Å². The second kappa shape index (κ2) is 4.95. The van der Waals surface area contributed by atoms with Crippen molar-refractivity contribution in [3.05, 3.63) is 0 Å². The molecule has 0 unspecified atom stereocenters. The summed E-state index contributed by atoms with van der Waals surface area (Å²) in [5.74, 6) is 2.03. The van der Waals surface area contributed by atoms with Crippen LogP contribution in [0.3, 0.4) is 0 Å². The topological polar surface area (TPSA) is 60.7 Å². The maximum Gasteiger partial charge on any atom is 0.0676 e. The predicted molar refractivity (Wildman–Crippen MR) is 89.7 cm³/mol. The normalized spacial score (nSPS) is 62.3. The fourth-order valence-corrected chi connectivity index (χ4v) is 7.58. The molecule has 4 aliphatic carbocycles. The van der Waals surface area contributed by atoms with E-state index in [0.29, 0.717) is 23.7 Å². The van der Waals surface area contributed by atoms with E-state index < -0.39 is 5.60 Å². The van der Waals surface area contributed by atoms with E-state index in [4.69, 9.17) is 0 Å². The van der Waals surface area contributed by atoms with Gasteiger partial charge in [-0.25, -0.2) is 0 Å². The van der Waals surface area contributed by atoms with Crippen molar-refractivity contribution in [3.8, 4) is 0 Å². The Kier molecular flexibility index (Phi) is 3.52. The van der Waals surface area contributed by atoms with Gasteiger partial charge >= 0.3 is 0 Å². The van der Waals surface area contributed by atoms with Crippen LogP contribution in [0.2, 0.25) is 0 Å². The Hall–Kier alpha value is -0.120. The first kappa shape index (κ1) is 16.4. The zero-order valence-corrected chi connectivity index (χ0v) is 15.0. The minimum Gasteiger partial charge on any atom is -0.393 e. The van der Waals surface area contributed by atoms with Crippen molar-refractivity contribution in [2.45, 2.75) is 89.9 Å². The molecule has 0 bridgehead atoms. The van der Waals surface area contributed by atoms with Gasteiger partial charge in [0.2, 0.25) is 0 Å². The Morgan fingerprint density at radius 3 is 2.39 bits per heavy atom. The minimum atomic E-state index is -0.635. The number of aliphatic hydroxyl groups excluding tert-OH is 2. The van der Waals surface area contributed by atoms with Crippen LogP contribution < -0.4 is 0 Å². The van der Waals surface area contributed by atoms with E-state index in [0.717, 1.165) is 38.5 Å². The summed E-state index contributed by atoms with van der Waals surface area (Å²) in [7, 11) is 0. The maximum absolute atomic E-state index is 11.1. The molecule has 4 rings (SSSR count). The van der Waals surface area contributed by atoms with E-state index in [2.05, 4.69) is 13.8 Å². The van der Waals surface area contributed by atoms with Crippen LogP contribution in [0.4, 0.5) is 0 Å². The van der Waals surface area contributed by atoms with Crippen LogP contribution in [0.15, 0.2) is 0 Å². The molecule has 4 aliphatic rings. The summed E-state index contributed by atoms with van der Waals surface area (Å²) in [4.78, 5) is 0. The molecule has 0 aliphatic heterocycles. The molecule has 4 fully saturated rings. The van der Waals surface area contributed by atoms with Gasteiger partial charge in [0.25, 0.3) is 0 Å². The van der Waals surface area contributed by atoms with Crippen LogP contribution in [-0.4, -0.2) is 33.1 Å². The molecule has 3 N–H and O–H groups in total. The molecule has 0 amide bonds. The first-order valence-corrected chi connectivity index (χ1v) is 9.77. The van der Waals surface area contributed by atoms with Gasteiger partial charge in [0.1, 0.15) is 0 Å². The summed E-state index contributed by atoms with van der Waals surface area (Å²) < 4.78 is 0. The lowest BCUT2D eigenvalue weighted by atomic mass is 9.43. The second-order valence-electron chi connectivity index (χ2n) is 10.0. The lowest BCUT2D eigenvalue weighted by Gasteiger charge is -2.62. The smallest absolute Gasteiger partial charge is 0.0676 e. The van der Waals surface area contributed by atoms with Crippen molar-refractivity contribution in [1.82, 2.24) is 0 Å². The van der Waals surface area contributed by atoms with Crippen molar-refractivity contribution in [2.24, 2.45) is 34.5 Å². The molecule has 0 aromatic carbocycles. The highest BCUT2D eigenvalue weighted by Crippen LogP contribution is 2.68. The van der Waals surface area contributed by atoms with E-state index in [-0.39, 0.29) is 23.0 Å². The van der Waals surface area contributed by atoms with Gasteiger partial charge in [0, 0.05) is 5.41 Å². The fourth-order valence-electron chi connectivity index (χ4n) is 7.58. The molecule has 23 heavy (non-hydrogen) atoms. The van der Waals surface area contributed by atoms with Gasteiger partial charge in [0.15, 0.2) is 0 Å². The molecular formula is C20H34O3. The maximum atomic E-state index is 11.1. The van der Waals surface area contributed by atoms with Gasteiger partial charge in [-0.15, -0.1) is 0 Å². The van der Waals surface area contributed by atoms with Crippen LogP contribution in [0.1, 0.15) is 72.1 Å². The van der Waals surface area contributed by atoms with E-state index in [1.807, 2.05) is 6.92 Å². The average Bonchev–Trinajstić information content (AvgIpc) is 2.69. The Labute approximate surface area is 140 Å². The van der Waals surface area contributed by atoms with Gasteiger partial charge in [-0.2, -0.15) is 0 Å². The molecule has 4 saturated carbocycles. The van der Waals surface area contributed by atoms with Crippen molar-refractivity contribution < 1.29 is 15.3 Å². The van der Waals surface area contributed by atoms with Crippen LogP contribution in [0.5, 0.6) is 0 Å². The zero-order chi connectivity index (χ0) is 16.6. The number of aliphatic hydroxyl groups is 3. The Balaban J connectivity index is 1.69. The number of hydrogen-bond acceptors (Lipinski definition) is 3. The van der Waals surface area contributed by atoms with Gasteiger partial charge in [-0.3, -0.25) is 0 Å². The fraction of sp³-hybridized carbons (Fsp3) is 1.00. The third kappa shape index (κ3) is 2.05. The summed E-state index contributed by atoms with van der Waals surface area (Å²) >= 11 is 0. The number of rotatable bonds is 0. The summed E-state index contributed by atoms with van der Waals surface area (Å²) in [5.41, 5.74) is -0.591. The lowest BCUT2D eigenvalue weighted by molar-refractivity contribution is -0.197. The van der Waals surface area contributed by atoms with Gasteiger partial charge in [-0.1, -0.05) is 13.8 Å². The lowest BCUT2D eigenvalue weighted by Crippen LogP contribution is -2.61. The standard InChI is InChI=1S/C20H34O3/c1-18-8-6-13(21)10-12(18)4-5-14-15-7-9-20(3,23)19(15,2)11-16(22)17(14)18/h12-17,21-23H,4-11H2,1-3H3/t12-,13+,14+,15+,16-,17-,18+,19+,20-/m1/s1. The van der Waals surface area contributed by atoms with Crippen molar-refractivity contribution in [3.63, 3.8) is 0 Å². The molecule has 3 heteroatoms. The SMILES string of the molecule is C[C@]12CC[C@H](O)C[C@H]1CC[C@@H]1[C@@H]2[C@H](O)C[C@@]2(C)[C@H]1CC[C@@]2(C)O. The Bertz CT molecular complexity index is 489. The van der Waals surface area contributed by atoms with E-state index in [1.54, 1.807) is 0 Å².